The minimum absolute atomic E-state index is 0.406. The Bertz CT molecular complexity index is 764. The Morgan fingerprint density at radius 2 is 1.73 bits per heavy atom. The van der Waals surface area contributed by atoms with E-state index in [0.717, 1.165) is 41.9 Å². The summed E-state index contributed by atoms with van der Waals surface area (Å²) in [6.07, 6.45) is 17.8. The molecule has 0 aromatic heterocycles. The lowest BCUT2D eigenvalue weighted by Gasteiger charge is -2.58. The molecule has 7 atom stereocenters. The van der Waals surface area contributed by atoms with Crippen molar-refractivity contribution < 1.29 is 4.53 Å². The molecule has 0 aromatic rings. The third kappa shape index (κ3) is 5.05. The molecule has 0 aromatic carbocycles. The van der Waals surface area contributed by atoms with Crippen molar-refractivity contribution in [1.82, 2.24) is 0 Å². The van der Waals surface area contributed by atoms with Crippen LogP contribution in [-0.4, -0.2) is 14.0 Å². The quantitative estimate of drug-likeness (QED) is 0.268. The van der Waals surface area contributed by atoms with Crippen molar-refractivity contribution in [1.29, 1.82) is 0 Å². The van der Waals surface area contributed by atoms with Crippen LogP contribution in [0.25, 0.3) is 0 Å². The van der Waals surface area contributed by atoms with Crippen LogP contribution in [0.15, 0.2) is 16.8 Å². The third-order valence-electron chi connectivity index (χ3n) is 10.6. The fraction of sp³-hybridized carbons (Fsp3) is 0.900. The van der Waals surface area contributed by atoms with Gasteiger partial charge in [0.15, 0.2) is 0 Å². The van der Waals surface area contributed by atoms with E-state index < -0.39 is 8.32 Å². The maximum atomic E-state index is 5.92. The highest BCUT2D eigenvalue weighted by Crippen LogP contribution is 2.67. The molecule has 3 fully saturated rings. The zero-order valence-electron chi connectivity index (χ0n) is 23.2. The van der Waals surface area contributed by atoms with Gasteiger partial charge in [-0.15, -0.1) is 5.16 Å². The first-order chi connectivity index (χ1) is 15.4. The topological polar surface area (TPSA) is 21.6 Å². The number of hydrogen-bond acceptors (Lipinski definition) is 2. The van der Waals surface area contributed by atoms with E-state index in [-0.39, 0.29) is 0 Å². The first-order valence-electron chi connectivity index (χ1n) is 14.4. The van der Waals surface area contributed by atoms with E-state index in [1.165, 1.54) is 69.9 Å². The molecule has 3 saturated carbocycles. The molecule has 0 N–H and O–H groups in total. The number of nitrogens with zero attached hydrogens (tertiary/aromatic N) is 1. The zero-order chi connectivity index (χ0) is 24.0. The minimum Gasteiger partial charge on any atom is -0.455 e. The first kappa shape index (κ1) is 25.5. The summed E-state index contributed by atoms with van der Waals surface area (Å²) in [7, 11) is -1.60. The predicted octanol–water partition coefficient (Wildman–Crippen LogP) is 9.24. The van der Waals surface area contributed by atoms with Crippen LogP contribution in [0, 0.1) is 46.3 Å². The van der Waals surface area contributed by atoms with Gasteiger partial charge in [-0.1, -0.05) is 59.5 Å². The number of oxime groups is 1. The summed E-state index contributed by atoms with van der Waals surface area (Å²) in [6.45, 7) is 19.4. The third-order valence-corrected chi connectivity index (χ3v) is 11.3. The molecule has 2 nitrogen and oxygen atoms in total. The summed E-state index contributed by atoms with van der Waals surface area (Å²) in [6, 6.07) is 0. The second-order valence-corrected chi connectivity index (χ2v) is 18.7. The van der Waals surface area contributed by atoms with Crippen LogP contribution in [0.2, 0.25) is 19.6 Å². The Labute approximate surface area is 206 Å². The molecule has 0 bridgehead atoms. The monoisotopic (exact) mass is 471 g/mol. The number of allylic oxidation sites excluding steroid dienone is 2. The highest BCUT2D eigenvalue weighted by Gasteiger charge is 2.59. The second kappa shape index (κ2) is 9.47. The van der Waals surface area contributed by atoms with Gasteiger partial charge in [0.05, 0.1) is 5.71 Å². The van der Waals surface area contributed by atoms with Crippen LogP contribution >= 0.6 is 0 Å². The fourth-order valence-corrected chi connectivity index (χ4v) is 9.25. The van der Waals surface area contributed by atoms with Gasteiger partial charge in [0, 0.05) is 0 Å². The Morgan fingerprint density at radius 1 is 0.970 bits per heavy atom. The summed E-state index contributed by atoms with van der Waals surface area (Å²) >= 11 is 0. The lowest BCUT2D eigenvalue weighted by atomic mass is 9.46. The van der Waals surface area contributed by atoms with Crippen LogP contribution in [0.4, 0.5) is 0 Å². The highest BCUT2D eigenvalue weighted by atomic mass is 28.4. The van der Waals surface area contributed by atoms with E-state index in [1.54, 1.807) is 5.57 Å². The van der Waals surface area contributed by atoms with Crippen molar-refractivity contribution in [2.75, 3.05) is 0 Å². The van der Waals surface area contributed by atoms with Crippen LogP contribution in [0.5, 0.6) is 0 Å². The SMILES string of the molecule is CC(C)CCCC(C)C1CCC2C3CCC4=CC(=NO[Si](C)(C)C)CCC4(C)C3CCC12C. The first-order valence-corrected chi connectivity index (χ1v) is 17.8. The van der Waals surface area contributed by atoms with E-state index in [4.69, 9.17) is 4.53 Å². The molecule has 0 saturated heterocycles. The lowest BCUT2D eigenvalue weighted by Crippen LogP contribution is -2.51. The van der Waals surface area contributed by atoms with Crippen LogP contribution in [-0.2, 0) is 4.53 Å². The van der Waals surface area contributed by atoms with E-state index >= 15 is 0 Å². The Balaban J connectivity index is 1.47. The summed E-state index contributed by atoms with van der Waals surface area (Å²) in [5.74, 6) is 5.54. The molecule has 0 aliphatic heterocycles. The number of rotatable bonds is 7. The molecule has 0 spiro atoms. The molecule has 33 heavy (non-hydrogen) atoms. The molecule has 0 radical (unpaired) electrons. The minimum atomic E-state index is -1.60. The average Bonchev–Trinajstić information content (AvgIpc) is 3.08. The lowest BCUT2D eigenvalue weighted by molar-refractivity contribution is -0.0573. The summed E-state index contributed by atoms with van der Waals surface area (Å²) < 4.78 is 5.92. The smallest absolute Gasteiger partial charge is 0.278 e. The van der Waals surface area contributed by atoms with E-state index in [0.29, 0.717) is 10.8 Å². The molecule has 4 aliphatic carbocycles. The van der Waals surface area contributed by atoms with Crippen LogP contribution < -0.4 is 0 Å². The molecule has 3 heteroatoms. The standard InChI is InChI=1S/C30H53NOSi/c1-21(2)10-9-11-22(3)26-14-15-27-25-13-12-23-20-24(31-32-33(6,7)8)16-18-29(23,4)28(25)17-19-30(26,27)5/h20-22,25-28H,9-19H2,1-8H3. The predicted molar refractivity (Wildman–Crippen MR) is 145 cm³/mol. The maximum Gasteiger partial charge on any atom is 0.278 e. The van der Waals surface area contributed by atoms with Gasteiger partial charge in [0.25, 0.3) is 8.32 Å². The van der Waals surface area contributed by atoms with E-state index in [9.17, 15) is 0 Å². The molecule has 0 heterocycles. The van der Waals surface area contributed by atoms with Gasteiger partial charge in [0.1, 0.15) is 0 Å². The number of fused-ring (bicyclic) bond motifs is 5. The normalized spacial score (nSPS) is 40.8. The maximum absolute atomic E-state index is 5.92. The Kier molecular flexibility index (Phi) is 7.32. The van der Waals surface area contributed by atoms with Crippen molar-refractivity contribution >= 4 is 14.0 Å². The Morgan fingerprint density at radius 3 is 2.42 bits per heavy atom. The van der Waals surface area contributed by atoms with Gasteiger partial charge >= 0.3 is 0 Å². The molecule has 188 valence electrons. The number of hydrogen-bond donors (Lipinski definition) is 0. The Hall–Kier alpha value is -0.573. The van der Waals surface area contributed by atoms with Crippen molar-refractivity contribution in [2.45, 2.75) is 125 Å². The summed E-state index contributed by atoms with van der Waals surface area (Å²) in [5.41, 5.74) is 3.92. The molecule has 4 rings (SSSR count). The second-order valence-electron chi connectivity index (χ2n) is 14.3. The van der Waals surface area contributed by atoms with Crippen LogP contribution in [0.1, 0.15) is 105 Å². The molecular weight excluding hydrogens is 418 g/mol. The van der Waals surface area contributed by atoms with E-state index in [1.807, 2.05) is 0 Å². The van der Waals surface area contributed by atoms with Gasteiger partial charge in [-0.2, -0.15) is 0 Å². The average molecular weight is 472 g/mol. The van der Waals surface area contributed by atoms with Crippen molar-refractivity contribution in [2.24, 2.45) is 51.5 Å². The van der Waals surface area contributed by atoms with Crippen molar-refractivity contribution in [3.8, 4) is 0 Å². The van der Waals surface area contributed by atoms with E-state index in [2.05, 4.69) is 65.5 Å². The van der Waals surface area contributed by atoms with Crippen molar-refractivity contribution in [3.05, 3.63) is 11.6 Å². The van der Waals surface area contributed by atoms with Crippen LogP contribution in [0.3, 0.4) is 0 Å². The van der Waals surface area contributed by atoms with Gasteiger partial charge < -0.3 is 4.53 Å². The molecule has 0 amide bonds. The van der Waals surface area contributed by atoms with Gasteiger partial charge in [0.2, 0.25) is 0 Å². The fourth-order valence-electron chi connectivity index (χ4n) is 8.86. The van der Waals surface area contributed by atoms with Gasteiger partial charge in [-0.05, 0) is 123 Å². The molecule has 7 unspecified atom stereocenters. The zero-order valence-corrected chi connectivity index (χ0v) is 24.2. The van der Waals surface area contributed by atoms with Gasteiger partial charge in [-0.3, -0.25) is 0 Å². The molecular formula is C30H53NOSi. The molecule has 4 aliphatic rings. The largest absolute Gasteiger partial charge is 0.455 e. The summed E-state index contributed by atoms with van der Waals surface area (Å²) in [4.78, 5) is 0. The highest BCUT2D eigenvalue weighted by molar-refractivity contribution is 6.69. The summed E-state index contributed by atoms with van der Waals surface area (Å²) in [5, 5.41) is 4.61. The van der Waals surface area contributed by atoms with Gasteiger partial charge in [-0.25, -0.2) is 0 Å². The van der Waals surface area contributed by atoms with Crippen molar-refractivity contribution in [3.63, 3.8) is 0 Å².